The molecule has 0 aliphatic carbocycles. The Labute approximate surface area is 98.9 Å². The van der Waals surface area contributed by atoms with E-state index in [1.807, 2.05) is 6.92 Å². The highest BCUT2D eigenvalue weighted by Gasteiger charge is 2.15. The normalized spacial score (nSPS) is 10.5. The van der Waals surface area contributed by atoms with Crippen LogP contribution in [0.5, 0.6) is 0 Å². The van der Waals surface area contributed by atoms with Crippen molar-refractivity contribution in [3.63, 3.8) is 0 Å². The second-order valence-electron chi connectivity index (χ2n) is 3.82. The Balaban J connectivity index is 2.44. The van der Waals surface area contributed by atoms with E-state index in [0.717, 1.165) is 0 Å². The van der Waals surface area contributed by atoms with Gasteiger partial charge in [0.05, 0.1) is 0 Å². The molecule has 0 aliphatic rings. The molecule has 0 unspecified atom stereocenters. The molecule has 0 saturated heterocycles. The minimum Gasteiger partial charge on any atom is -0.287 e. The van der Waals surface area contributed by atoms with Gasteiger partial charge in [0, 0.05) is 18.3 Å². The van der Waals surface area contributed by atoms with Crippen molar-refractivity contribution in [1.29, 1.82) is 0 Å². The number of aryl methyl sites for hydroxylation is 2. The molecule has 4 heteroatoms. The van der Waals surface area contributed by atoms with Gasteiger partial charge >= 0.3 is 0 Å². The van der Waals surface area contributed by atoms with E-state index in [1.54, 1.807) is 23.9 Å². The number of benzene rings is 1. The molecular formula is C13H13FN2O. The van der Waals surface area contributed by atoms with Crippen molar-refractivity contribution in [3.8, 4) is 0 Å². The molecule has 0 saturated carbocycles. The van der Waals surface area contributed by atoms with Crippen LogP contribution in [-0.2, 0) is 6.54 Å². The molecule has 1 aromatic heterocycles. The Morgan fingerprint density at radius 3 is 2.82 bits per heavy atom. The van der Waals surface area contributed by atoms with Gasteiger partial charge in [-0.2, -0.15) is 5.10 Å². The highest BCUT2D eigenvalue weighted by Crippen LogP contribution is 2.15. The summed E-state index contributed by atoms with van der Waals surface area (Å²) in [6, 6.07) is 5.85. The fourth-order valence-electron chi connectivity index (χ4n) is 1.80. The summed E-state index contributed by atoms with van der Waals surface area (Å²) in [5.41, 5.74) is 1.68. The van der Waals surface area contributed by atoms with Gasteiger partial charge in [0.25, 0.3) is 0 Å². The molecule has 88 valence electrons. The lowest BCUT2D eigenvalue weighted by Crippen LogP contribution is -2.11. The summed E-state index contributed by atoms with van der Waals surface area (Å²) < 4.78 is 14.6. The molecule has 2 rings (SSSR count). The predicted molar refractivity (Wildman–Crippen MR) is 62.5 cm³/mol. The first-order valence-corrected chi connectivity index (χ1v) is 5.46. The van der Waals surface area contributed by atoms with E-state index in [1.165, 1.54) is 18.2 Å². The maximum absolute atomic E-state index is 13.0. The molecule has 0 spiro atoms. The maximum atomic E-state index is 13.0. The number of rotatable bonds is 3. The van der Waals surface area contributed by atoms with Crippen LogP contribution in [0.3, 0.4) is 0 Å². The Hall–Kier alpha value is -1.97. The fourth-order valence-corrected chi connectivity index (χ4v) is 1.80. The van der Waals surface area contributed by atoms with Gasteiger partial charge in [0.2, 0.25) is 5.78 Å². The number of nitrogens with zero attached hydrogens (tertiary/aromatic N) is 2. The average molecular weight is 232 g/mol. The van der Waals surface area contributed by atoms with E-state index < -0.39 is 0 Å². The fraction of sp³-hybridized carbons (Fsp3) is 0.231. The summed E-state index contributed by atoms with van der Waals surface area (Å²) in [5.74, 6) is -0.454. The van der Waals surface area contributed by atoms with E-state index in [2.05, 4.69) is 5.10 Å². The molecule has 0 N–H and O–H groups in total. The van der Waals surface area contributed by atoms with Crippen LogP contribution in [0, 0.1) is 12.7 Å². The third kappa shape index (κ3) is 2.11. The van der Waals surface area contributed by atoms with Gasteiger partial charge in [0.1, 0.15) is 11.5 Å². The van der Waals surface area contributed by atoms with Gasteiger partial charge in [0.15, 0.2) is 0 Å². The number of halogens is 1. The van der Waals surface area contributed by atoms with Crippen LogP contribution in [0.4, 0.5) is 4.39 Å². The third-order valence-corrected chi connectivity index (χ3v) is 2.68. The molecule has 2 aromatic rings. The van der Waals surface area contributed by atoms with Crippen LogP contribution < -0.4 is 0 Å². The third-order valence-electron chi connectivity index (χ3n) is 2.68. The lowest BCUT2D eigenvalue weighted by molar-refractivity contribution is 0.102. The zero-order chi connectivity index (χ0) is 12.4. The minimum atomic E-state index is -0.331. The van der Waals surface area contributed by atoms with Gasteiger partial charge < -0.3 is 0 Å². The van der Waals surface area contributed by atoms with Crippen molar-refractivity contribution in [2.45, 2.75) is 20.4 Å². The van der Waals surface area contributed by atoms with Gasteiger partial charge in [-0.1, -0.05) is 0 Å². The number of carbonyl (C=O) groups is 1. The molecular weight excluding hydrogens is 219 g/mol. The zero-order valence-electron chi connectivity index (χ0n) is 9.77. The molecule has 1 heterocycles. The monoisotopic (exact) mass is 232 g/mol. The van der Waals surface area contributed by atoms with Crippen LogP contribution in [-0.4, -0.2) is 15.6 Å². The number of ketones is 1. The number of aromatic nitrogens is 2. The van der Waals surface area contributed by atoms with Crippen LogP contribution in [0.1, 0.15) is 28.5 Å². The van der Waals surface area contributed by atoms with E-state index >= 15 is 0 Å². The van der Waals surface area contributed by atoms with Crippen molar-refractivity contribution in [3.05, 3.63) is 53.1 Å². The van der Waals surface area contributed by atoms with Crippen LogP contribution >= 0.6 is 0 Å². The first-order valence-electron chi connectivity index (χ1n) is 5.46. The van der Waals surface area contributed by atoms with Crippen molar-refractivity contribution in [1.82, 2.24) is 9.78 Å². The standard InChI is InChI=1S/C13H13FN2O/c1-3-16-12(6-7-15-16)13(17)11-5-4-10(14)8-9(11)2/h4-8H,3H2,1-2H3. The quantitative estimate of drug-likeness (QED) is 0.762. The van der Waals surface area contributed by atoms with Crippen LogP contribution in [0.2, 0.25) is 0 Å². The lowest BCUT2D eigenvalue weighted by atomic mass is 10.0. The molecule has 0 aliphatic heterocycles. The Morgan fingerprint density at radius 2 is 2.18 bits per heavy atom. The van der Waals surface area contributed by atoms with E-state index in [4.69, 9.17) is 0 Å². The first kappa shape index (κ1) is 11.5. The second kappa shape index (κ2) is 4.49. The van der Waals surface area contributed by atoms with E-state index in [9.17, 15) is 9.18 Å². The Kier molecular flexibility index (Phi) is 3.04. The Bertz CT molecular complexity index is 560. The smallest absolute Gasteiger partial charge is 0.211 e. The molecule has 17 heavy (non-hydrogen) atoms. The van der Waals surface area contributed by atoms with Gasteiger partial charge in [-0.3, -0.25) is 9.48 Å². The number of hydrogen-bond acceptors (Lipinski definition) is 2. The molecule has 0 bridgehead atoms. The summed E-state index contributed by atoms with van der Waals surface area (Å²) >= 11 is 0. The summed E-state index contributed by atoms with van der Waals surface area (Å²) in [7, 11) is 0. The summed E-state index contributed by atoms with van der Waals surface area (Å²) in [6.45, 7) is 4.28. The van der Waals surface area contributed by atoms with E-state index in [-0.39, 0.29) is 11.6 Å². The van der Waals surface area contributed by atoms with Gasteiger partial charge in [-0.25, -0.2) is 4.39 Å². The molecule has 3 nitrogen and oxygen atoms in total. The molecule has 0 radical (unpaired) electrons. The summed E-state index contributed by atoms with van der Waals surface area (Å²) in [6.07, 6.45) is 1.59. The molecule has 1 aromatic carbocycles. The number of carbonyl (C=O) groups excluding carboxylic acids is 1. The van der Waals surface area contributed by atoms with Crippen molar-refractivity contribution in [2.24, 2.45) is 0 Å². The van der Waals surface area contributed by atoms with Crippen molar-refractivity contribution >= 4 is 5.78 Å². The average Bonchev–Trinajstić information content (AvgIpc) is 2.76. The number of hydrogen-bond donors (Lipinski definition) is 0. The van der Waals surface area contributed by atoms with Crippen molar-refractivity contribution < 1.29 is 9.18 Å². The van der Waals surface area contributed by atoms with Crippen molar-refractivity contribution in [2.75, 3.05) is 0 Å². The Morgan fingerprint density at radius 1 is 1.41 bits per heavy atom. The predicted octanol–water partition coefficient (Wildman–Crippen LogP) is 2.58. The molecule has 0 atom stereocenters. The van der Waals surface area contributed by atoms with Crippen LogP contribution in [0.25, 0.3) is 0 Å². The minimum absolute atomic E-state index is 0.123. The SMILES string of the molecule is CCn1nccc1C(=O)c1ccc(F)cc1C. The largest absolute Gasteiger partial charge is 0.287 e. The molecule has 0 fully saturated rings. The molecule has 0 amide bonds. The lowest BCUT2D eigenvalue weighted by Gasteiger charge is -2.06. The second-order valence-corrected chi connectivity index (χ2v) is 3.82. The topological polar surface area (TPSA) is 34.9 Å². The van der Waals surface area contributed by atoms with E-state index in [0.29, 0.717) is 23.4 Å². The highest BCUT2D eigenvalue weighted by molar-refractivity contribution is 6.08. The summed E-state index contributed by atoms with van der Waals surface area (Å²) in [4.78, 5) is 12.2. The van der Waals surface area contributed by atoms with Crippen LogP contribution in [0.15, 0.2) is 30.5 Å². The van der Waals surface area contributed by atoms with Gasteiger partial charge in [-0.05, 0) is 43.7 Å². The first-order chi connectivity index (χ1) is 8.13. The highest BCUT2D eigenvalue weighted by atomic mass is 19.1. The van der Waals surface area contributed by atoms with Gasteiger partial charge in [-0.15, -0.1) is 0 Å². The zero-order valence-corrected chi connectivity index (χ0v) is 9.77. The summed E-state index contributed by atoms with van der Waals surface area (Å²) in [5, 5.41) is 4.05. The maximum Gasteiger partial charge on any atom is 0.211 e.